The quantitative estimate of drug-likeness (QED) is 0.192. The highest BCUT2D eigenvalue weighted by Crippen LogP contribution is 2.46. The largest absolute Gasteiger partial charge is 0.466 e. The van der Waals surface area contributed by atoms with Crippen LogP contribution in [0.5, 0.6) is 0 Å². The third-order valence-corrected chi connectivity index (χ3v) is 8.71. The number of carbonyl (C=O) groups is 3. The molecule has 1 saturated carbocycles. The number of benzene rings is 1. The molecule has 0 spiro atoms. The van der Waals surface area contributed by atoms with Crippen LogP contribution in [0.1, 0.15) is 87.7 Å². The normalized spacial score (nSPS) is 24.1. The molecule has 8 nitrogen and oxygen atoms in total. The fourth-order valence-corrected chi connectivity index (χ4v) is 6.55. The summed E-state index contributed by atoms with van der Waals surface area (Å²) in [5, 5.41) is 15.5. The van der Waals surface area contributed by atoms with Gasteiger partial charge in [-0.15, -0.1) is 0 Å². The summed E-state index contributed by atoms with van der Waals surface area (Å²) in [5.41, 5.74) is 0.707. The lowest BCUT2D eigenvalue weighted by Gasteiger charge is -2.30. The first-order valence-electron chi connectivity index (χ1n) is 14.8. The second kappa shape index (κ2) is 14.7. The van der Waals surface area contributed by atoms with E-state index in [1.165, 1.54) is 69.9 Å². The number of aliphatic hydroxyl groups excluding tert-OH is 1. The van der Waals surface area contributed by atoms with Gasteiger partial charge in [0.25, 0.3) is 0 Å². The van der Waals surface area contributed by atoms with Crippen molar-refractivity contribution in [2.75, 3.05) is 20.3 Å². The molecule has 1 aromatic rings. The van der Waals surface area contributed by atoms with Crippen LogP contribution >= 0.6 is 0 Å². The molecule has 1 aliphatic carbocycles. The molecule has 3 aliphatic rings. The lowest BCUT2D eigenvalue weighted by atomic mass is 9.75. The van der Waals surface area contributed by atoms with Crippen LogP contribution in [-0.2, 0) is 23.9 Å². The van der Waals surface area contributed by atoms with Gasteiger partial charge in [0.05, 0.1) is 31.8 Å². The van der Waals surface area contributed by atoms with E-state index in [9.17, 15) is 19.5 Å². The zero-order valence-corrected chi connectivity index (χ0v) is 23.4. The summed E-state index contributed by atoms with van der Waals surface area (Å²) < 4.78 is 25.9. The van der Waals surface area contributed by atoms with Gasteiger partial charge in [0.15, 0.2) is 0 Å². The van der Waals surface area contributed by atoms with Crippen molar-refractivity contribution in [3.63, 3.8) is 0 Å². The van der Waals surface area contributed by atoms with E-state index in [0.717, 1.165) is 31.6 Å². The number of ether oxygens (including phenoxy) is 2. The van der Waals surface area contributed by atoms with Crippen molar-refractivity contribution in [2.45, 2.75) is 94.8 Å². The van der Waals surface area contributed by atoms with Crippen LogP contribution in [0.4, 0.5) is 4.39 Å². The number of carbonyl (C=O) groups excluding carboxylic acids is 3. The number of esters is 1. The number of hydrogen-bond acceptors (Lipinski definition) is 6. The van der Waals surface area contributed by atoms with Crippen molar-refractivity contribution in [3.8, 4) is 0 Å². The number of methoxy groups -OCH3 is 1. The number of fused-ring (bicyclic) bond motifs is 2. The third kappa shape index (κ3) is 7.91. The van der Waals surface area contributed by atoms with Gasteiger partial charge in [-0.25, -0.2) is 9.18 Å². The van der Waals surface area contributed by atoms with Crippen LogP contribution in [0, 0.1) is 17.7 Å². The first kappa shape index (κ1) is 30.2. The van der Waals surface area contributed by atoms with Crippen LogP contribution in [0.15, 0.2) is 24.3 Å². The Kier molecular flexibility index (Phi) is 11.1. The van der Waals surface area contributed by atoms with E-state index in [1.54, 1.807) is 6.07 Å². The minimum atomic E-state index is -1.14. The monoisotopic (exact) mass is 558 g/mol. The van der Waals surface area contributed by atoms with Gasteiger partial charge in [-0.05, 0) is 55.4 Å². The minimum Gasteiger partial charge on any atom is -0.466 e. The van der Waals surface area contributed by atoms with Crippen molar-refractivity contribution >= 4 is 23.9 Å². The second-order valence-electron chi connectivity index (χ2n) is 11.4. The lowest BCUT2D eigenvalue weighted by Crippen LogP contribution is -2.51. The molecule has 40 heavy (non-hydrogen) atoms. The Balaban J connectivity index is 1.41. The van der Waals surface area contributed by atoms with Crippen LogP contribution in [0.3, 0.4) is 0 Å². The molecule has 3 fully saturated rings. The van der Waals surface area contributed by atoms with Crippen molar-refractivity contribution in [1.82, 2.24) is 10.6 Å². The predicted molar refractivity (Wildman–Crippen MR) is 149 cm³/mol. The Hall–Kier alpha value is -2.78. The van der Waals surface area contributed by atoms with Crippen LogP contribution in [-0.4, -0.2) is 61.4 Å². The average Bonchev–Trinajstić information content (AvgIpc) is 3.60. The lowest BCUT2D eigenvalue weighted by molar-refractivity contribution is -0.134. The van der Waals surface area contributed by atoms with E-state index in [2.05, 4.69) is 15.4 Å². The smallest absolute Gasteiger partial charge is 0.330 e. The molecule has 1 aromatic carbocycles. The highest BCUT2D eigenvalue weighted by atomic mass is 19.1. The van der Waals surface area contributed by atoms with E-state index < -0.39 is 42.2 Å². The number of aliphatic hydroxyl groups is 1. The second-order valence-corrected chi connectivity index (χ2v) is 11.4. The summed E-state index contributed by atoms with van der Waals surface area (Å²) >= 11 is 0. The molecular weight excluding hydrogens is 515 g/mol. The maximum absolute atomic E-state index is 15.2. The number of unbranched alkanes of at least 4 members (excludes halogenated alkanes) is 1. The van der Waals surface area contributed by atoms with Gasteiger partial charge in [0, 0.05) is 24.1 Å². The Morgan fingerprint density at radius 2 is 1.93 bits per heavy atom. The number of hydrogen-bond donors (Lipinski definition) is 3. The van der Waals surface area contributed by atoms with Gasteiger partial charge in [-0.1, -0.05) is 51.0 Å². The zero-order chi connectivity index (χ0) is 28.5. The van der Waals surface area contributed by atoms with E-state index in [4.69, 9.17) is 4.74 Å². The first-order valence-corrected chi connectivity index (χ1v) is 14.8. The summed E-state index contributed by atoms with van der Waals surface area (Å²) in [6, 6.07) is 3.19. The maximum atomic E-state index is 15.2. The summed E-state index contributed by atoms with van der Waals surface area (Å²) in [6.07, 6.45) is 14.5. The van der Waals surface area contributed by atoms with Gasteiger partial charge in [0.2, 0.25) is 11.8 Å². The maximum Gasteiger partial charge on any atom is 0.330 e. The van der Waals surface area contributed by atoms with Gasteiger partial charge in [-0.3, -0.25) is 9.59 Å². The molecule has 0 aromatic heterocycles. The molecule has 4 rings (SSSR count). The molecule has 220 valence electrons. The molecule has 2 bridgehead atoms. The van der Waals surface area contributed by atoms with Crippen molar-refractivity contribution in [3.05, 3.63) is 41.2 Å². The highest BCUT2D eigenvalue weighted by Gasteiger charge is 2.48. The first-order chi connectivity index (χ1) is 19.4. The van der Waals surface area contributed by atoms with Gasteiger partial charge in [-0.2, -0.15) is 0 Å². The number of amides is 2. The molecule has 0 radical (unpaired) electrons. The minimum absolute atomic E-state index is 0.0290. The Labute approximate surface area is 236 Å². The Morgan fingerprint density at radius 1 is 1.12 bits per heavy atom. The molecular formula is C31H43FN2O6. The molecule has 4 unspecified atom stereocenters. The molecule has 2 heterocycles. The molecule has 5 atom stereocenters. The zero-order valence-electron chi connectivity index (χ0n) is 23.4. The number of nitrogens with one attached hydrogen (secondary N) is 2. The molecule has 2 saturated heterocycles. The molecule has 2 amide bonds. The van der Waals surface area contributed by atoms with Crippen molar-refractivity contribution in [1.29, 1.82) is 0 Å². The number of rotatable bonds is 13. The SMILES string of the molecule is COC(=O)C=Cc1ccc(F)c(C(C(=O)NC(CO)C(=O)NCCCCC2CCCCC2)[C@H]2CC3CCC2O3)c1. The van der Waals surface area contributed by atoms with E-state index in [1.807, 2.05) is 0 Å². The van der Waals surface area contributed by atoms with Crippen LogP contribution < -0.4 is 10.6 Å². The summed E-state index contributed by atoms with van der Waals surface area (Å²) in [6.45, 7) is -0.0885. The van der Waals surface area contributed by atoms with E-state index in [-0.39, 0.29) is 23.7 Å². The fourth-order valence-electron chi connectivity index (χ4n) is 6.55. The summed E-state index contributed by atoms with van der Waals surface area (Å²) in [7, 11) is 1.27. The van der Waals surface area contributed by atoms with Crippen LogP contribution in [0.2, 0.25) is 0 Å². The Morgan fingerprint density at radius 3 is 2.60 bits per heavy atom. The topological polar surface area (TPSA) is 114 Å². The van der Waals surface area contributed by atoms with Gasteiger partial charge < -0.3 is 25.2 Å². The highest BCUT2D eigenvalue weighted by molar-refractivity contribution is 5.91. The predicted octanol–water partition coefficient (Wildman–Crippen LogP) is 4.01. The van der Waals surface area contributed by atoms with Crippen LogP contribution in [0.25, 0.3) is 6.08 Å². The summed E-state index contributed by atoms with van der Waals surface area (Å²) in [5.74, 6) is -2.48. The third-order valence-electron chi connectivity index (χ3n) is 8.71. The number of halogens is 1. The van der Waals surface area contributed by atoms with E-state index >= 15 is 4.39 Å². The average molecular weight is 559 g/mol. The van der Waals surface area contributed by atoms with Gasteiger partial charge >= 0.3 is 5.97 Å². The van der Waals surface area contributed by atoms with Crippen molar-refractivity contribution in [2.24, 2.45) is 11.8 Å². The molecule has 3 N–H and O–H groups in total. The van der Waals surface area contributed by atoms with E-state index in [0.29, 0.717) is 18.5 Å². The fraction of sp³-hybridized carbons (Fsp3) is 0.645. The molecule has 2 aliphatic heterocycles. The Bertz CT molecular complexity index is 1060. The molecule has 9 heteroatoms. The van der Waals surface area contributed by atoms with Gasteiger partial charge in [0.1, 0.15) is 11.9 Å². The van der Waals surface area contributed by atoms with Crippen molar-refractivity contribution < 1.29 is 33.4 Å². The standard InChI is InChI=1S/C31H43FN2O6/c1-39-28(36)15-11-21-10-13-25(32)23(17-21)29(24-18-22-12-14-27(24)40-22)31(38)34-26(19-35)30(37)33-16-6-5-9-20-7-3-2-4-8-20/h10-11,13,15,17,20,22,24,26-27,29,35H,2-9,12,14,16,18-19H2,1H3,(H,33,37)(H,34,38)/t22?,24-,26?,27?,29?/m0/s1. The summed E-state index contributed by atoms with van der Waals surface area (Å²) in [4.78, 5) is 38.1.